The number of hydrogen-bond acceptors (Lipinski definition) is 4. The van der Waals surface area contributed by atoms with Crippen molar-refractivity contribution in [2.24, 2.45) is 0 Å². The van der Waals surface area contributed by atoms with Crippen LogP contribution in [0.4, 0.5) is 5.69 Å². The third-order valence-electron chi connectivity index (χ3n) is 2.72. The molecular formula is C13H10BrN3O. The zero-order valence-corrected chi connectivity index (χ0v) is 11.2. The van der Waals surface area contributed by atoms with E-state index in [-0.39, 0.29) is 0 Å². The van der Waals surface area contributed by atoms with Gasteiger partial charge in [0.15, 0.2) is 5.58 Å². The number of nitrogens with zero attached hydrogens (tertiary/aromatic N) is 2. The molecule has 4 nitrogen and oxygen atoms in total. The van der Waals surface area contributed by atoms with Crippen molar-refractivity contribution >= 4 is 32.7 Å². The van der Waals surface area contributed by atoms with Crippen LogP contribution in [-0.2, 0) is 0 Å². The van der Waals surface area contributed by atoms with E-state index in [0.717, 1.165) is 21.2 Å². The van der Waals surface area contributed by atoms with E-state index in [1.807, 2.05) is 25.1 Å². The molecule has 0 fully saturated rings. The lowest BCUT2D eigenvalue weighted by Gasteiger charge is -1.98. The predicted octanol–water partition coefficient (Wildman–Crippen LogP) is 3.54. The molecule has 0 aliphatic heterocycles. The second kappa shape index (κ2) is 4.10. The fourth-order valence-electron chi connectivity index (χ4n) is 1.85. The highest BCUT2D eigenvalue weighted by Gasteiger charge is 2.13. The number of nitrogen functional groups attached to an aromatic ring is 1. The first-order valence-electron chi connectivity index (χ1n) is 5.42. The van der Waals surface area contributed by atoms with Crippen LogP contribution in [0.2, 0.25) is 0 Å². The third-order valence-corrected chi connectivity index (χ3v) is 3.18. The fourth-order valence-corrected chi connectivity index (χ4v) is 2.31. The Bertz CT molecular complexity index is 736. The SMILES string of the molecule is Cc1ncccc1-c1nc2cc(Br)cc(N)c2o1. The van der Waals surface area contributed by atoms with Crippen molar-refractivity contribution in [2.75, 3.05) is 5.73 Å². The first kappa shape index (κ1) is 11.2. The number of oxazole rings is 1. The first-order valence-corrected chi connectivity index (χ1v) is 6.22. The average molecular weight is 304 g/mol. The van der Waals surface area contributed by atoms with Crippen LogP contribution in [-0.4, -0.2) is 9.97 Å². The largest absolute Gasteiger partial charge is 0.434 e. The lowest BCUT2D eigenvalue weighted by molar-refractivity contribution is 0.620. The number of pyridine rings is 1. The molecule has 0 spiro atoms. The molecule has 0 saturated carbocycles. The maximum atomic E-state index is 5.91. The molecule has 0 bridgehead atoms. The molecule has 0 radical (unpaired) electrons. The second-order valence-corrected chi connectivity index (χ2v) is 4.91. The van der Waals surface area contributed by atoms with Crippen LogP contribution in [0.15, 0.2) is 39.4 Å². The normalized spacial score (nSPS) is 11.0. The van der Waals surface area contributed by atoms with Crippen molar-refractivity contribution in [1.29, 1.82) is 0 Å². The predicted molar refractivity (Wildman–Crippen MR) is 74.1 cm³/mol. The second-order valence-electron chi connectivity index (χ2n) is 4.00. The molecule has 2 aromatic heterocycles. The highest BCUT2D eigenvalue weighted by atomic mass is 79.9. The van der Waals surface area contributed by atoms with E-state index in [1.54, 1.807) is 12.3 Å². The summed E-state index contributed by atoms with van der Waals surface area (Å²) in [5.74, 6) is 0.542. The Balaban J connectivity index is 2.26. The summed E-state index contributed by atoms with van der Waals surface area (Å²) in [5.41, 5.74) is 9.58. The average Bonchev–Trinajstić information content (AvgIpc) is 2.73. The van der Waals surface area contributed by atoms with Gasteiger partial charge in [0.25, 0.3) is 0 Å². The Morgan fingerprint density at radius 2 is 2.17 bits per heavy atom. The van der Waals surface area contributed by atoms with Gasteiger partial charge >= 0.3 is 0 Å². The van der Waals surface area contributed by atoms with Gasteiger partial charge < -0.3 is 10.2 Å². The molecule has 2 heterocycles. The quantitative estimate of drug-likeness (QED) is 0.698. The van der Waals surface area contributed by atoms with Crippen LogP contribution in [0.3, 0.4) is 0 Å². The molecule has 5 heteroatoms. The molecule has 18 heavy (non-hydrogen) atoms. The number of fused-ring (bicyclic) bond motifs is 1. The van der Waals surface area contributed by atoms with Gasteiger partial charge in [-0.25, -0.2) is 4.98 Å². The summed E-state index contributed by atoms with van der Waals surface area (Å²) in [4.78, 5) is 8.67. The van der Waals surface area contributed by atoms with E-state index in [9.17, 15) is 0 Å². The van der Waals surface area contributed by atoms with Crippen LogP contribution >= 0.6 is 15.9 Å². The van der Waals surface area contributed by atoms with Crippen molar-refractivity contribution in [3.63, 3.8) is 0 Å². The van der Waals surface area contributed by atoms with E-state index in [2.05, 4.69) is 25.9 Å². The number of hydrogen-bond donors (Lipinski definition) is 1. The monoisotopic (exact) mass is 303 g/mol. The summed E-state index contributed by atoms with van der Waals surface area (Å²) >= 11 is 3.39. The smallest absolute Gasteiger partial charge is 0.229 e. The van der Waals surface area contributed by atoms with Crippen LogP contribution in [0.5, 0.6) is 0 Å². The highest BCUT2D eigenvalue weighted by Crippen LogP contribution is 2.31. The Hall–Kier alpha value is -1.88. The van der Waals surface area contributed by atoms with Crippen molar-refractivity contribution in [1.82, 2.24) is 9.97 Å². The minimum absolute atomic E-state index is 0.542. The summed E-state index contributed by atoms with van der Waals surface area (Å²) in [6, 6.07) is 7.46. The van der Waals surface area contributed by atoms with Gasteiger partial charge in [-0.05, 0) is 31.2 Å². The minimum Gasteiger partial charge on any atom is -0.434 e. The molecule has 1 aromatic carbocycles. The molecule has 0 unspecified atom stereocenters. The molecule has 3 rings (SSSR count). The maximum absolute atomic E-state index is 5.91. The van der Waals surface area contributed by atoms with Gasteiger partial charge in [0.05, 0.1) is 11.3 Å². The zero-order valence-electron chi connectivity index (χ0n) is 9.64. The first-order chi connectivity index (χ1) is 8.65. The lowest BCUT2D eigenvalue weighted by Crippen LogP contribution is -1.85. The molecular weight excluding hydrogens is 294 g/mol. The summed E-state index contributed by atoms with van der Waals surface area (Å²) in [6.45, 7) is 1.92. The Labute approximate surface area is 112 Å². The van der Waals surface area contributed by atoms with Gasteiger partial charge in [-0.15, -0.1) is 0 Å². The number of benzene rings is 1. The van der Waals surface area contributed by atoms with Gasteiger partial charge in [-0.3, -0.25) is 4.98 Å². The van der Waals surface area contributed by atoms with E-state index in [1.165, 1.54) is 0 Å². The van der Waals surface area contributed by atoms with Crippen LogP contribution in [0.1, 0.15) is 5.69 Å². The minimum atomic E-state index is 0.542. The van der Waals surface area contributed by atoms with Crippen LogP contribution in [0, 0.1) is 6.92 Å². The Morgan fingerprint density at radius 3 is 2.94 bits per heavy atom. The molecule has 0 atom stereocenters. The van der Waals surface area contributed by atoms with E-state index in [0.29, 0.717) is 17.2 Å². The van der Waals surface area contributed by atoms with E-state index >= 15 is 0 Å². The van der Waals surface area contributed by atoms with Gasteiger partial charge in [0, 0.05) is 16.4 Å². The van der Waals surface area contributed by atoms with Crippen molar-refractivity contribution < 1.29 is 4.42 Å². The maximum Gasteiger partial charge on any atom is 0.229 e. The van der Waals surface area contributed by atoms with Crippen molar-refractivity contribution in [3.8, 4) is 11.5 Å². The zero-order chi connectivity index (χ0) is 12.7. The topological polar surface area (TPSA) is 64.9 Å². The summed E-state index contributed by atoms with van der Waals surface area (Å²) in [6.07, 6.45) is 1.74. The number of rotatable bonds is 1. The molecule has 3 aromatic rings. The number of nitrogens with two attached hydrogens (primary N) is 1. The standard InChI is InChI=1S/C13H10BrN3O/c1-7-9(3-2-4-16-7)13-17-11-6-8(14)5-10(15)12(11)18-13/h2-6H,15H2,1H3. The number of anilines is 1. The lowest BCUT2D eigenvalue weighted by atomic mass is 10.2. The molecule has 0 saturated heterocycles. The van der Waals surface area contributed by atoms with Gasteiger partial charge in [0.2, 0.25) is 5.89 Å². The molecule has 0 aliphatic rings. The summed E-state index contributed by atoms with van der Waals surface area (Å²) in [5, 5.41) is 0. The van der Waals surface area contributed by atoms with Crippen molar-refractivity contribution in [3.05, 3.63) is 40.6 Å². The third kappa shape index (κ3) is 1.76. The van der Waals surface area contributed by atoms with Crippen LogP contribution in [0.25, 0.3) is 22.6 Å². The van der Waals surface area contributed by atoms with E-state index in [4.69, 9.17) is 10.2 Å². The summed E-state index contributed by atoms with van der Waals surface area (Å²) in [7, 11) is 0. The number of aromatic nitrogens is 2. The summed E-state index contributed by atoms with van der Waals surface area (Å²) < 4.78 is 6.61. The van der Waals surface area contributed by atoms with Crippen LogP contribution < -0.4 is 5.73 Å². The number of halogens is 1. The Morgan fingerprint density at radius 1 is 1.33 bits per heavy atom. The van der Waals surface area contributed by atoms with Gasteiger partial charge in [0.1, 0.15) is 5.52 Å². The van der Waals surface area contributed by atoms with Gasteiger partial charge in [-0.2, -0.15) is 0 Å². The number of aryl methyl sites for hydroxylation is 1. The Kier molecular flexibility index (Phi) is 2.56. The highest BCUT2D eigenvalue weighted by molar-refractivity contribution is 9.10. The molecule has 0 amide bonds. The van der Waals surface area contributed by atoms with Crippen molar-refractivity contribution in [2.45, 2.75) is 6.92 Å². The molecule has 0 aliphatic carbocycles. The van der Waals surface area contributed by atoms with Gasteiger partial charge in [-0.1, -0.05) is 15.9 Å². The molecule has 2 N–H and O–H groups in total. The van der Waals surface area contributed by atoms with E-state index < -0.39 is 0 Å². The fraction of sp³-hybridized carbons (Fsp3) is 0.0769. The molecule has 90 valence electrons.